The number of nitro groups is 1. The van der Waals surface area contributed by atoms with Gasteiger partial charge in [-0.1, -0.05) is 28.1 Å². The summed E-state index contributed by atoms with van der Waals surface area (Å²) in [5, 5.41) is 10.8. The quantitative estimate of drug-likeness (QED) is 0.474. The molecule has 0 radical (unpaired) electrons. The van der Waals surface area contributed by atoms with E-state index in [0.717, 1.165) is 6.07 Å². The van der Waals surface area contributed by atoms with Crippen LogP contribution in [0, 0.1) is 21.7 Å². The summed E-state index contributed by atoms with van der Waals surface area (Å²) in [4.78, 5) is 10.3. The van der Waals surface area contributed by atoms with Gasteiger partial charge in [0.2, 0.25) is 5.82 Å². The highest BCUT2D eigenvalue weighted by molar-refractivity contribution is 9.10. The molecule has 0 atom stereocenters. The minimum atomic E-state index is -1.13. The van der Waals surface area contributed by atoms with Crippen LogP contribution in [0.1, 0.15) is 5.56 Å². The van der Waals surface area contributed by atoms with Gasteiger partial charge in [-0.15, -0.1) is 0 Å². The van der Waals surface area contributed by atoms with Crippen molar-refractivity contribution in [3.8, 4) is 5.75 Å². The third-order valence-corrected chi connectivity index (χ3v) is 2.99. The van der Waals surface area contributed by atoms with Gasteiger partial charge in [-0.2, -0.15) is 4.39 Å². The second kappa shape index (κ2) is 5.96. The van der Waals surface area contributed by atoms with E-state index < -0.39 is 16.6 Å². The van der Waals surface area contributed by atoms with E-state index in [-0.39, 0.29) is 23.6 Å². The molecule has 0 fully saturated rings. The fourth-order valence-electron chi connectivity index (χ4n) is 1.60. The Hall–Kier alpha value is -2.02. The first-order valence-corrected chi connectivity index (χ1v) is 6.28. The molecule has 0 aliphatic carbocycles. The first kappa shape index (κ1) is 14.4. The lowest BCUT2D eigenvalue weighted by molar-refractivity contribution is -0.385. The highest BCUT2D eigenvalue weighted by Gasteiger charge is 2.15. The van der Waals surface area contributed by atoms with Gasteiger partial charge in [0, 0.05) is 10.5 Å². The molecule has 0 unspecified atom stereocenters. The first-order chi connectivity index (χ1) is 9.49. The smallest absolute Gasteiger partial charge is 0.276 e. The number of nitrogens with zero attached hydrogens (tertiary/aromatic N) is 1. The summed E-state index contributed by atoms with van der Waals surface area (Å²) < 4.78 is 32.1. The van der Waals surface area contributed by atoms with Crippen molar-refractivity contribution in [3.63, 3.8) is 0 Å². The zero-order valence-corrected chi connectivity index (χ0v) is 11.6. The van der Waals surface area contributed by atoms with Crippen molar-refractivity contribution >= 4 is 21.6 Å². The molecule has 2 rings (SSSR count). The molecular weight excluding hydrogens is 336 g/mol. The van der Waals surface area contributed by atoms with E-state index in [1.54, 1.807) is 6.07 Å². The molecule has 104 valence electrons. The second-order valence-corrected chi connectivity index (χ2v) is 4.79. The third kappa shape index (κ3) is 3.11. The van der Waals surface area contributed by atoms with Crippen LogP contribution in [0.25, 0.3) is 0 Å². The van der Waals surface area contributed by atoms with Crippen LogP contribution in [0.4, 0.5) is 14.5 Å². The molecule has 0 spiro atoms. The van der Waals surface area contributed by atoms with Crippen molar-refractivity contribution in [1.29, 1.82) is 0 Å². The van der Waals surface area contributed by atoms with Gasteiger partial charge < -0.3 is 4.74 Å². The Balaban J connectivity index is 2.24. The van der Waals surface area contributed by atoms with Crippen LogP contribution in [-0.2, 0) is 6.61 Å². The largest absolute Gasteiger partial charge is 0.485 e. The van der Waals surface area contributed by atoms with Crippen LogP contribution in [0.2, 0.25) is 0 Å². The minimum absolute atomic E-state index is 0.136. The number of ether oxygens (including phenoxy) is 1. The zero-order valence-electron chi connectivity index (χ0n) is 9.98. The lowest BCUT2D eigenvalue weighted by atomic mass is 10.2. The van der Waals surface area contributed by atoms with Crippen molar-refractivity contribution in [2.24, 2.45) is 0 Å². The van der Waals surface area contributed by atoms with Crippen LogP contribution in [0.5, 0.6) is 5.75 Å². The predicted octanol–water partition coefficient (Wildman–Crippen LogP) is 4.21. The van der Waals surface area contributed by atoms with Crippen LogP contribution < -0.4 is 4.74 Å². The molecule has 2 aromatic carbocycles. The SMILES string of the molecule is O=[N+]([O-])c1ccccc1COc1cc(Br)cc(F)c1F. The lowest BCUT2D eigenvalue weighted by Crippen LogP contribution is -2.02. The van der Waals surface area contributed by atoms with E-state index in [1.165, 1.54) is 24.3 Å². The number of halogens is 3. The van der Waals surface area contributed by atoms with Gasteiger partial charge in [-0.3, -0.25) is 10.1 Å². The number of hydrogen-bond donors (Lipinski definition) is 0. The molecule has 0 amide bonds. The van der Waals surface area contributed by atoms with Crippen molar-refractivity contribution in [3.05, 3.63) is 68.2 Å². The van der Waals surface area contributed by atoms with Gasteiger partial charge >= 0.3 is 0 Å². The topological polar surface area (TPSA) is 52.4 Å². The Morgan fingerprint density at radius 1 is 1.25 bits per heavy atom. The molecule has 0 aliphatic heterocycles. The Bertz CT molecular complexity index is 664. The predicted molar refractivity (Wildman–Crippen MR) is 71.5 cm³/mol. The third-order valence-electron chi connectivity index (χ3n) is 2.53. The van der Waals surface area contributed by atoms with E-state index in [0.29, 0.717) is 4.47 Å². The van der Waals surface area contributed by atoms with Crippen molar-refractivity contribution in [1.82, 2.24) is 0 Å². The Kier molecular flexibility index (Phi) is 4.29. The summed E-state index contributed by atoms with van der Waals surface area (Å²) in [5.41, 5.74) is 0.140. The fraction of sp³-hybridized carbons (Fsp3) is 0.0769. The van der Waals surface area contributed by atoms with Crippen LogP contribution >= 0.6 is 15.9 Å². The molecule has 0 saturated carbocycles. The molecule has 0 heterocycles. The maximum atomic E-state index is 13.5. The van der Waals surface area contributed by atoms with Crippen molar-refractivity contribution in [2.75, 3.05) is 0 Å². The van der Waals surface area contributed by atoms with Crippen LogP contribution in [0.15, 0.2) is 40.9 Å². The van der Waals surface area contributed by atoms with Gasteiger partial charge in [0.15, 0.2) is 11.6 Å². The standard InChI is InChI=1S/C13H8BrF2NO3/c14-9-5-10(15)13(16)12(6-9)20-7-8-3-1-2-4-11(8)17(18)19/h1-6H,7H2. The molecule has 0 saturated heterocycles. The average Bonchev–Trinajstić information content (AvgIpc) is 2.41. The second-order valence-electron chi connectivity index (χ2n) is 3.87. The van der Waals surface area contributed by atoms with E-state index in [1.807, 2.05) is 0 Å². The number of rotatable bonds is 4. The summed E-state index contributed by atoms with van der Waals surface area (Å²) in [5.74, 6) is -2.50. The van der Waals surface area contributed by atoms with E-state index >= 15 is 0 Å². The molecule has 7 heteroatoms. The van der Waals surface area contributed by atoms with Gasteiger partial charge in [0.1, 0.15) is 6.61 Å². The maximum absolute atomic E-state index is 13.5. The Morgan fingerprint density at radius 3 is 2.65 bits per heavy atom. The number of para-hydroxylation sites is 1. The van der Waals surface area contributed by atoms with Crippen molar-refractivity contribution < 1.29 is 18.4 Å². The van der Waals surface area contributed by atoms with Gasteiger partial charge in [0.25, 0.3) is 5.69 Å². The molecular formula is C13H8BrF2NO3. The highest BCUT2D eigenvalue weighted by atomic mass is 79.9. The monoisotopic (exact) mass is 343 g/mol. The summed E-state index contributed by atoms with van der Waals surface area (Å²) in [7, 11) is 0. The normalized spacial score (nSPS) is 10.3. The molecule has 4 nitrogen and oxygen atoms in total. The number of hydrogen-bond acceptors (Lipinski definition) is 3. The number of nitro benzene ring substituents is 1. The summed E-state index contributed by atoms with van der Waals surface area (Å²) in [6.07, 6.45) is 0. The van der Waals surface area contributed by atoms with E-state index in [4.69, 9.17) is 4.74 Å². The fourth-order valence-corrected chi connectivity index (χ4v) is 2.01. The van der Waals surface area contributed by atoms with Gasteiger partial charge in [-0.25, -0.2) is 4.39 Å². The average molecular weight is 344 g/mol. The highest BCUT2D eigenvalue weighted by Crippen LogP contribution is 2.27. The molecule has 0 N–H and O–H groups in total. The molecule has 2 aromatic rings. The Labute approximate surface area is 121 Å². The zero-order chi connectivity index (χ0) is 14.7. The van der Waals surface area contributed by atoms with Gasteiger partial charge in [-0.05, 0) is 18.2 Å². The minimum Gasteiger partial charge on any atom is -0.485 e. The van der Waals surface area contributed by atoms with E-state index in [9.17, 15) is 18.9 Å². The summed E-state index contributed by atoms with van der Waals surface area (Å²) >= 11 is 3.02. The number of benzene rings is 2. The van der Waals surface area contributed by atoms with E-state index in [2.05, 4.69) is 15.9 Å². The molecule has 0 aromatic heterocycles. The first-order valence-electron chi connectivity index (χ1n) is 5.48. The lowest BCUT2D eigenvalue weighted by Gasteiger charge is -2.08. The van der Waals surface area contributed by atoms with Crippen molar-refractivity contribution in [2.45, 2.75) is 6.61 Å². The molecule has 0 bridgehead atoms. The van der Waals surface area contributed by atoms with Gasteiger partial charge in [0.05, 0.1) is 10.5 Å². The van der Waals surface area contributed by atoms with Crippen LogP contribution in [-0.4, -0.2) is 4.92 Å². The summed E-state index contributed by atoms with van der Waals surface area (Å²) in [6.45, 7) is -0.232. The summed E-state index contributed by atoms with van der Waals surface area (Å²) in [6, 6.07) is 8.14. The molecule has 0 aliphatic rings. The molecule has 20 heavy (non-hydrogen) atoms. The maximum Gasteiger partial charge on any atom is 0.276 e. The Morgan fingerprint density at radius 2 is 1.95 bits per heavy atom. The van der Waals surface area contributed by atoms with Crippen LogP contribution in [0.3, 0.4) is 0 Å².